The monoisotopic (exact) mass is 510 g/mol. The van der Waals surface area contributed by atoms with Gasteiger partial charge in [-0.25, -0.2) is 4.79 Å². The van der Waals surface area contributed by atoms with E-state index in [2.05, 4.69) is 20.6 Å². The molecule has 3 heterocycles. The standard InChI is InChI=1S/C24H26N6O5S/c1-23(2)24(22(34)35,30-17(32)12-18(30)36-23)29-21(33)19(14-6-4-3-5-7-14)28-16(31)13-27-20(25)15-8-10-26-11-9-15/h3-11,18-19H,12-13H2,1-2H3,(H2,25,27)(H,28,31)(H,29,33)(H,34,35)/t18-,19?,24+/m1/s1. The van der Waals surface area contributed by atoms with Crippen LogP contribution in [0.4, 0.5) is 0 Å². The predicted molar refractivity (Wildman–Crippen MR) is 133 cm³/mol. The average molecular weight is 511 g/mol. The van der Waals surface area contributed by atoms with Crippen molar-refractivity contribution in [1.82, 2.24) is 20.5 Å². The average Bonchev–Trinajstić information content (AvgIpc) is 3.03. The zero-order valence-corrected chi connectivity index (χ0v) is 20.5. The van der Waals surface area contributed by atoms with Crippen molar-refractivity contribution in [1.29, 1.82) is 0 Å². The van der Waals surface area contributed by atoms with Crippen molar-refractivity contribution in [3.8, 4) is 0 Å². The van der Waals surface area contributed by atoms with E-state index in [0.29, 0.717) is 11.1 Å². The highest BCUT2D eigenvalue weighted by molar-refractivity contribution is 8.01. The van der Waals surface area contributed by atoms with Crippen molar-refractivity contribution in [3.05, 3.63) is 66.0 Å². The zero-order valence-electron chi connectivity index (χ0n) is 19.7. The van der Waals surface area contributed by atoms with Gasteiger partial charge in [0.1, 0.15) is 18.4 Å². The summed E-state index contributed by atoms with van der Waals surface area (Å²) in [5.41, 5.74) is 4.99. The number of carbonyl (C=O) groups excluding carboxylic acids is 3. The fraction of sp³-hybridized carbons (Fsp3) is 0.333. The molecule has 0 aliphatic carbocycles. The van der Waals surface area contributed by atoms with Crippen LogP contribution in [0.25, 0.3) is 0 Å². The Labute approximate surface area is 211 Å². The van der Waals surface area contributed by atoms with Crippen LogP contribution in [0, 0.1) is 0 Å². The van der Waals surface area contributed by atoms with Crippen molar-refractivity contribution < 1.29 is 24.3 Å². The molecule has 0 saturated carbocycles. The summed E-state index contributed by atoms with van der Waals surface area (Å²) < 4.78 is -1.03. The third-order valence-electron chi connectivity index (χ3n) is 6.25. The molecule has 2 aliphatic rings. The number of amides is 3. The second-order valence-electron chi connectivity index (χ2n) is 8.90. The first-order valence-corrected chi connectivity index (χ1v) is 12.0. The van der Waals surface area contributed by atoms with E-state index in [9.17, 15) is 24.3 Å². The third-order valence-corrected chi connectivity index (χ3v) is 7.79. The van der Waals surface area contributed by atoms with Crippen molar-refractivity contribution >= 4 is 41.3 Å². The van der Waals surface area contributed by atoms with E-state index >= 15 is 0 Å². The lowest BCUT2D eigenvalue weighted by atomic mass is 9.89. The van der Waals surface area contributed by atoms with Crippen LogP contribution >= 0.6 is 11.8 Å². The highest BCUT2D eigenvalue weighted by Gasteiger charge is 2.70. The summed E-state index contributed by atoms with van der Waals surface area (Å²) in [6.45, 7) is 2.98. The molecule has 1 unspecified atom stereocenters. The summed E-state index contributed by atoms with van der Waals surface area (Å²) >= 11 is 1.32. The SMILES string of the molecule is CC1(C)S[C@@H]2CC(=O)N2[C@@]1(NC(=O)C(NC(=O)CN=C(N)c1ccncc1)c1ccccc1)C(=O)O. The maximum atomic E-state index is 13.6. The van der Waals surface area contributed by atoms with Crippen LogP contribution in [-0.2, 0) is 19.2 Å². The van der Waals surface area contributed by atoms with E-state index in [1.165, 1.54) is 16.7 Å². The van der Waals surface area contributed by atoms with Gasteiger partial charge in [0.2, 0.25) is 23.4 Å². The minimum absolute atomic E-state index is 0.130. The van der Waals surface area contributed by atoms with Crippen molar-refractivity contribution in [3.63, 3.8) is 0 Å². The van der Waals surface area contributed by atoms with Gasteiger partial charge < -0.3 is 21.5 Å². The minimum atomic E-state index is -1.98. The van der Waals surface area contributed by atoms with Crippen LogP contribution in [0.1, 0.15) is 37.4 Å². The van der Waals surface area contributed by atoms with Crippen LogP contribution in [0.15, 0.2) is 59.9 Å². The first-order chi connectivity index (χ1) is 17.1. The van der Waals surface area contributed by atoms with Gasteiger partial charge in [0.05, 0.1) is 16.5 Å². The van der Waals surface area contributed by atoms with Gasteiger partial charge in [0.25, 0.3) is 0 Å². The molecular weight excluding hydrogens is 484 g/mol. The van der Waals surface area contributed by atoms with Crippen molar-refractivity contribution in [2.24, 2.45) is 10.7 Å². The largest absolute Gasteiger partial charge is 0.478 e. The molecule has 11 nitrogen and oxygen atoms in total. The molecule has 12 heteroatoms. The maximum absolute atomic E-state index is 13.6. The van der Waals surface area contributed by atoms with Gasteiger partial charge in [-0.15, -0.1) is 11.8 Å². The van der Waals surface area contributed by atoms with Gasteiger partial charge in [0, 0.05) is 18.0 Å². The number of carbonyl (C=O) groups is 4. The number of thioether (sulfide) groups is 1. The topological polar surface area (TPSA) is 167 Å². The predicted octanol–water partition coefficient (Wildman–Crippen LogP) is 0.625. The number of carboxylic acids is 1. The maximum Gasteiger partial charge on any atom is 0.352 e. The lowest BCUT2D eigenvalue weighted by Crippen LogP contribution is -2.75. The van der Waals surface area contributed by atoms with Gasteiger partial charge >= 0.3 is 5.97 Å². The lowest BCUT2D eigenvalue weighted by Gasteiger charge is -2.46. The van der Waals surface area contributed by atoms with Crippen molar-refractivity contribution in [2.45, 2.75) is 42.1 Å². The third kappa shape index (κ3) is 4.39. The number of carboxylic acid groups (broad SMARTS) is 1. The van der Waals surface area contributed by atoms with Crippen LogP contribution in [0.3, 0.4) is 0 Å². The van der Waals surface area contributed by atoms with Crippen LogP contribution < -0.4 is 16.4 Å². The van der Waals surface area contributed by atoms with Crippen molar-refractivity contribution in [2.75, 3.05) is 6.54 Å². The fourth-order valence-corrected chi connectivity index (χ4v) is 6.09. The smallest absolute Gasteiger partial charge is 0.352 e. The number of aromatic nitrogens is 1. The Balaban J connectivity index is 1.58. The van der Waals surface area contributed by atoms with Crippen LogP contribution in [0.2, 0.25) is 0 Å². The van der Waals surface area contributed by atoms with E-state index in [0.717, 1.165) is 0 Å². The van der Waals surface area contributed by atoms with Crippen LogP contribution in [-0.4, -0.2) is 66.8 Å². The number of β-lactam (4-membered cyclic amide) rings is 1. The van der Waals surface area contributed by atoms with E-state index in [-0.39, 0.29) is 30.1 Å². The van der Waals surface area contributed by atoms with Crippen LogP contribution in [0.5, 0.6) is 0 Å². The molecule has 2 fully saturated rings. The minimum Gasteiger partial charge on any atom is -0.478 e. The number of hydrogen-bond donors (Lipinski definition) is 4. The summed E-state index contributed by atoms with van der Waals surface area (Å²) in [4.78, 5) is 60.5. The van der Waals surface area contributed by atoms with Gasteiger partial charge in [-0.2, -0.15) is 0 Å². The molecule has 0 radical (unpaired) electrons. The van der Waals surface area contributed by atoms with Gasteiger partial charge in [0.15, 0.2) is 0 Å². The number of aliphatic carboxylic acids is 1. The number of hydrogen-bond acceptors (Lipinski definition) is 7. The molecule has 2 saturated heterocycles. The number of amidine groups is 1. The van der Waals surface area contributed by atoms with Gasteiger partial charge in [-0.3, -0.25) is 29.3 Å². The Bertz CT molecular complexity index is 1220. The molecule has 4 rings (SSSR count). The molecule has 188 valence electrons. The number of pyridine rings is 1. The van der Waals surface area contributed by atoms with Gasteiger partial charge in [-0.1, -0.05) is 30.3 Å². The summed E-state index contributed by atoms with van der Waals surface area (Å²) in [5, 5.41) is 15.1. The summed E-state index contributed by atoms with van der Waals surface area (Å²) in [6, 6.07) is 10.5. The number of nitrogens with one attached hydrogen (secondary N) is 2. The zero-order chi connectivity index (χ0) is 26.1. The lowest BCUT2D eigenvalue weighted by molar-refractivity contribution is -0.173. The van der Waals surface area contributed by atoms with E-state index < -0.39 is 34.2 Å². The normalized spacial score (nSPS) is 23.3. The van der Waals surface area contributed by atoms with Gasteiger partial charge in [-0.05, 0) is 31.5 Å². The number of nitrogens with two attached hydrogens (primary N) is 1. The molecule has 3 atom stereocenters. The highest BCUT2D eigenvalue weighted by Crippen LogP contribution is 2.55. The highest BCUT2D eigenvalue weighted by atomic mass is 32.2. The second-order valence-corrected chi connectivity index (χ2v) is 10.7. The Morgan fingerprint density at radius 1 is 1.22 bits per heavy atom. The molecule has 36 heavy (non-hydrogen) atoms. The molecule has 2 aromatic rings. The molecule has 2 aliphatic heterocycles. The Morgan fingerprint density at radius 2 is 1.89 bits per heavy atom. The number of aliphatic imine (C=N–C) groups is 1. The molecule has 0 bridgehead atoms. The summed E-state index contributed by atoms with van der Waals surface area (Å²) in [7, 11) is 0. The molecule has 1 aromatic carbocycles. The molecule has 5 N–H and O–H groups in total. The molecule has 3 amide bonds. The number of benzene rings is 1. The Morgan fingerprint density at radius 3 is 2.50 bits per heavy atom. The van der Waals surface area contributed by atoms with E-state index in [1.54, 1.807) is 68.7 Å². The summed E-state index contributed by atoms with van der Waals surface area (Å²) in [6.07, 6.45) is 3.29. The Kier molecular flexibility index (Phi) is 6.72. The fourth-order valence-electron chi connectivity index (χ4n) is 4.40. The Hall–Kier alpha value is -3.93. The van der Waals surface area contributed by atoms with E-state index in [1.807, 2.05) is 0 Å². The first-order valence-electron chi connectivity index (χ1n) is 11.2. The number of fused-ring (bicyclic) bond motifs is 1. The number of nitrogens with zero attached hydrogens (tertiary/aromatic N) is 3. The molecule has 0 spiro atoms. The van der Waals surface area contributed by atoms with E-state index in [4.69, 9.17) is 5.73 Å². The summed E-state index contributed by atoms with van der Waals surface area (Å²) in [5.74, 6) is -2.95. The first kappa shape index (κ1) is 25.2. The number of rotatable bonds is 8. The second kappa shape index (κ2) is 9.61. The molecular formula is C24H26N6O5S. The quantitative estimate of drug-likeness (QED) is 0.228. The molecule has 1 aromatic heterocycles.